The quantitative estimate of drug-likeness (QED) is 0.820. The molecule has 6 nitrogen and oxygen atoms in total. The van der Waals surface area contributed by atoms with Crippen molar-refractivity contribution in [3.63, 3.8) is 0 Å². The molecule has 1 aromatic rings. The van der Waals surface area contributed by atoms with Crippen molar-refractivity contribution in [2.45, 2.75) is 26.1 Å². The zero-order valence-corrected chi connectivity index (χ0v) is 13.4. The molecule has 0 aromatic heterocycles. The fourth-order valence-corrected chi connectivity index (χ4v) is 2.72. The van der Waals surface area contributed by atoms with Crippen LogP contribution in [0.3, 0.4) is 0 Å². The number of rotatable bonds is 3. The van der Waals surface area contributed by atoms with Crippen LogP contribution < -0.4 is 10.9 Å². The summed E-state index contributed by atoms with van der Waals surface area (Å²) in [5.74, 6) is -0.718. The van der Waals surface area contributed by atoms with Crippen LogP contribution in [0.5, 0.6) is 0 Å². The van der Waals surface area contributed by atoms with Gasteiger partial charge in [-0.3, -0.25) is 25.3 Å². The van der Waals surface area contributed by atoms with Gasteiger partial charge in [0, 0.05) is 13.1 Å². The average Bonchev–Trinajstić information content (AvgIpc) is 2.44. The van der Waals surface area contributed by atoms with E-state index >= 15 is 0 Å². The van der Waals surface area contributed by atoms with Crippen molar-refractivity contribution in [3.05, 3.63) is 34.9 Å². The first-order valence-electron chi connectivity index (χ1n) is 7.17. The van der Waals surface area contributed by atoms with E-state index in [4.69, 9.17) is 16.3 Å². The largest absolute Gasteiger partial charge is 0.373 e. The molecule has 2 N–H and O–H groups in total. The number of nitrogens with one attached hydrogen (secondary N) is 2. The molecule has 0 aliphatic carbocycles. The van der Waals surface area contributed by atoms with Gasteiger partial charge in [0.25, 0.3) is 11.8 Å². The average molecular weight is 326 g/mol. The Labute approximate surface area is 134 Å². The summed E-state index contributed by atoms with van der Waals surface area (Å²) in [6.07, 6.45) is 0.184. The van der Waals surface area contributed by atoms with Crippen molar-refractivity contribution in [1.82, 2.24) is 15.8 Å². The summed E-state index contributed by atoms with van der Waals surface area (Å²) >= 11 is 5.93. The summed E-state index contributed by atoms with van der Waals surface area (Å²) in [5, 5.41) is 0.338. The molecule has 7 heteroatoms. The van der Waals surface area contributed by atoms with Crippen molar-refractivity contribution in [2.75, 3.05) is 19.6 Å². The molecular formula is C15H20ClN3O3. The van der Waals surface area contributed by atoms with Crippen molar-refractivity contribution in [1.29, 1.82) is 0 Å². The number of carbonyl (C=O) groups excluding carboxylic acids is 2. The van der Waals surface area contributed by atoms with Gasteiger partial charge in [-0.2, -0.15) is 0 Å². The van der Waals surface area contributed by atoms with Crippen LogP contribution >= 0.6 is 11.6 Å². The van der Waals surface area contributed by atoms with Gasteiger partial charge in [-0.25, -0.2) is 0 Å². The molecular weight excluding hydrogens is 306 g/mol. The highest BCUT2D eigenvalue weighted by Crippen LogP contribution is 2.14. The minimum absolute atomic E-state index is 0.0919. The minimum Gasteiger partial charge on any atom is -0.373 e. The topological polar surface area (TPSA) is 70.7 Å². The third kappa shape index (κ3) is 4.69. The highest BCUT2D eigenvalue weighted by molar-refractivity contribution is 6.33. The van der Waals surface area contributed by atoms with E-state index in [0.717, 1.165) is 0 Å². The summed E-state index contributed by atoms with van der Waals surface area (Å²) in [4.78, 5) is 25.8. The van der Waals surface area contributed by atoms with E-state index in [1.54, 1.807) is 24.3 Å². The van der Waals surface area contributed by atoms with Gasteiger partial charge in [-0.05, 0) is 26.0 Å². The van der Waals surface area contributed by atoms with Gasteiger partial charge in [0.1, 0.15) is 0 Å². The van der Waals surface area contributed by atoms with E-state index in [-0.39, 0.29) is 24.7 Å². The second-order valence-corrected chi connectivity index (χ2v) is 5.84. The lowest BCUT2D eigenvalue weighted by Gasteiger charge is -2.34. The molecule has 2 amide bonds. The van der Waals surface area contributed by atoms with E-state index < -0.39 is 5.91 Å². The lowest BCUT2D eigenvalue weighted by atomic mass is 10.2. The van der Waals surface area contributed by atoms with Gasteiger partial charge in [0.15, 0.2) is 0 Å². The summed E-state index contributed by atoms with van der Waals surface area (Å²) in [7, 11) is 0. The highest BCUT2D eigenvalue weighted by atomic mass is 35.5. The van der Waals surface area contributed by atoms with Crippen molar-refractivity contribution < 1.29 is 14.3 Å². The molecule has 1 fully saturated rings. The Morgan fingerprint density at radius 2 is 1.86 bits per heavy atom. The smallest absolute Gasteiger partial charge is 0.271 e. The maximum absolute atomic E-state index is 11.9. The number of ether oxygens (including phenoxy) is 1. The van der Waals surface area contributed by atoms with E-state index in [9.17, 15) is 9.59 Å². The van der Waals surface area contributed by atoms with Crippen LogP contribution in [0.25, 0.3) is 0 Å². The number of hydrogen-bond donors (Lipinski definition) is 2. The van der Waals surface area contributed by atoms with Crippen LogP contribution in [0.2, 0.25) is 5.02 Å². The Balaban J connectivity index is 1.80. The summed E-state index contributed by atoms with van der Waals surface area (Å²) < 4.78 is 5.61. The first-order valence-corrected chi connectivity index (χ1v) is 7.55. The summed E-state index contributed by atoms with van der Waals surface area (Å²) in [6, 6.07) is 6.65. The van der Waals surface area contributed by atoms with E-state index in [1.165, 1.54) is 0 Å². The summed E-state index contributed by atoms with van der Waals surface area (Å²) in [6.45, 7) is 5.53. The molecule has 2 atom stereocenters. The Morgan fingerprint density at radius 1 is 1.23 bits per heavy atom. The van der Waals surface area contributed by atoms with Crippen LogP contribution in [0, 0.1) is 0 Å². The van der Waals surface area contributed by atoms with Gasteiger partial charge < -0.3 is 4.74 Å². The van der Waals surface area contributed by atoms with Gasteiger partial charge in [-0.15, -0.1) is 0 Å². The molecule has 0 spiro atoms. The SMILES string of the molecule is C[C@@H]1CN(CC(=O)NNC(=O)c2ccccc2Cl)C[C@H](C)O1. The highest BCUT2D eigenvalue weighted by Gasteiger charge is 2.23. The molecule has 0 bridgehead atoms. The number of nitrogens with zero attached hydrogens (tertiary/aromatic N) is 1. The number of carbonyl (C=O) groups is 2. The lowest BCUT2D eigenvalue weighted by molar-refractivity contribution is -0.126. The van der Waals surface area contributed by atoms with E-state index in [2.05, 4.69) is 10.9 Å². The van der Waals surface area contributed by atoms with E-state index in [0.29, 0.717) is 23.7 Å². The minimum atomic E-state index is -0.442. The summed E-state index contributed by atoms with van der Waals surface area (Å²) in [5.41, 5.74) is 5.09. The number of hydrazine groups is 1. The van der Waals surface area contributed by atoms with Crippen molar-refractivity contribution in [2.24, 2.45) is 0 Å². The fraction of sp³-hybridized carbons (Fsp3) is 0.467. The Kier molecular flexibility index (Phi) is 5.76. The van der Waals surface area contributed by atoms with Gasteiger partial charge in [0.2, 0.25) is 0 Å². The Bertz CT molecular complexity index is 543. The zero-order valence-electron chi connectivity index (χ0n) is 12.6. The monoisotopic (exact) mass is 325 g/mol. The lowest BCUT2D eigenvalue weighted by Crippen LogP contribution is -2.51. The molecule has 0 saturated carbocycles. The second-order valence-electron chi connectivity index (χ2n) is 5.43. The third-order valence-corrected chi connectivity index (χ3v) is 3.63. The molecule has 22 heavy (non-hydrogen) atoms. The first kappa shape index (κ1) is 16.7. The third-order valence-electron chi connectivity index (χ3n) is 3.30. The maximum Gasteiger partial charge on any atom is 0.271 e. The number of morpholine rings is 1. The predicted octanol–water partition coefficient (Wildman–Crippen LogP) is 1.21. The number of benzene rings is 1. The van der Waals surface area contributed by atoms with Gasteiger partial charge in [-0.1, -0.05) is 23.7 Å². The predicted molar refractivity (Wildman–Crippen MR) is 83.5 cm³/mol. The first-order chi connectivity index (χ1) is 10.5. The molecule has 1 aromatic carbocycles. The Morgan fingerprint density at radius 3 is 2.50 bits per heavy atom. The van der Waals surface area contributed by atoms with Crippen molar-refractivity contribution in [3.8, 4) is 0 Å². The second kappa shape index (κ2) is 7.58. The van der Waals surface area contributed by atoms with Crippen LogP contribution in [-0.4, -0.2) is 48.6 Å². The molecule has 1 aliphatic heterocycles. The van der Waals surface area contributed by atoms with Crippen molar-refractivity contribution >= 4 is 23.4 Å². The molecule has 120 valence electrons. The maximum atomic E-state index is 11.9. The normalized spacial score (nSPS) is 22.1. The van der Waals surface area contributed by atoms with Crippen LogP contribution in [0.4, 0.5) is 0 Å². The fourth-order valence-electron chi connectivity index (χ4n) is 2.50. The van der Waals surface area contributed by atoms with E-state index in [1.807, 2.05) is 18.7 Å². The van der Waals surface area contributed by atoms with Crippen LogP contribution in [0.1, 0.15) is 24.2 Å². The van der Waals surface area contributed by atoms with Gasteiger partial charge in [0.05, 0.1) is 29.3 Å². The standard InChI is InChI=1S/C15H20ClN3O3/c1-10-7-19(8-11(2)22-10)9-14(20)17-18-15(21)12-5-3-4-6-13(12)16/h3-6,10-11H,7-9H2,1-2H3,(H,17,20)(H,18,21)/t10-,11+. The number of amides is 2. The molecule has 1 aliphatic rings. The molecule has 2 rings (SSSR count). The Hall–Kier alpha value is -1.63. The zero-order chi connectivity index (χ0) is 16.1. The van der Waals surface area contributed by atoms with Crippen LogP contribution in [-0.2, 0) is 9.53 Å². The molecule has 1 saturated heterocycles. The molecule has 1 heterocycles. The van der Waals surface area contributed by atoms with Crippen LogP contribution in [0.15, 0.2) is 24.3 Å². The van der Waals surface area contributed by atoms with Gasteiger partial charge >= 0.3 is 0 Å². The number of halogens is 1. The molecule has 0 unspecified atom stereocenters. The molecule has 0 radical (unpaired) electrons. The number of hydrogen-bond acceptors (Lipinski definition) is 4.